The fourth-order valence-electron chi connectivity index (χ4n) is 1.87. The average Bonchev–Trinajstić information content (AvgIpc) is 2.37. The molecule has 0 amide bonds. The molecule has 0 saturated heterocycles. The van der Waals surface area contributed by atoms with Gasteiger partial charge in [-0.05, 0) is 25.0 Å². The molecule has 0 aromatic heterocycles. The predicted octanol–water partition coefficient (Wildman–Crippen LogP) is 2.03. The normalized spacial score (nSPS) is 13.1. The first-order valence-electron chi connectivity index (χ1n) is 6.38. The lowest BCUT2D eigenvalue weighted by Crippen LogP contribution is -2.34. The van der Waals surface area contributed by atoms with E-state index in [1.54, 1.807) is 0 Å². The monoisotopic (exact) mass is 301 g/mol. The van der Waals surface area contributed by atoms with Crippen molar-refractivity contribution in [1.82, 2.24) is 4.72 Å². The molecule has 1 aromatic carbocycles. The summed E-state index contributed by atoms with van der Waals surface area (Å²) in [4.78, 5) is 9.81. The number of hydrogen-bond acceptors (Lipinski definition) is 5. The van der Waals surface area contributed by atoms with Crippen LogP contribution in [-0.2, 0) is 10.0 Å². The molecule has 0 fully saturated rings. The van der Waals surface area contributed by atoms with Crippen LogP contribution >= 0.6 is 0 Å². The van der Waals surface area contributed by atoms with Gasteiger partial charge in [-0.1, -0.05) is 20.3 Å². The van der Waals surface area contributed by atoms with Crippen LogP contribution in [-0.4, -0.2) is 19.4 Å². The van der Waals surface area contributed by atoms with Crippen molar-refractivity contribution in [3.8, 4) is 0 Å². The van der Waals surface area contributed by atoms with E-state index in [2.05, 4.69) is 4.72 Å². The summed E-state index contributed by atoms with van der Waals surface area (Å²) in [6.45, 7) is 3.80. The SMILES string of the molecule is CCCC(CC)NS(=O)(=O)c1cc(N)ccc1[N+](=O)[O-]. The molecule has 0 aliphatic heterocycles. The predicted molar refractivity (Wildman–Crippen MR) is 76.8 cm³/mol. The van der Waals surface area contributed by atoms with Gasteiger partial charge in [0, 0.05) is 17.8 Å². The Hall–Kier alpha value is -1.67. The Labute approximate surface area is 118 Å². The van der Waals surface area contributed by atoms with E-state index in [9.17, 15) is 18.5 Å². The first-order chi connectivity index (χ1) is 9.31. The quantitative estimate of drug-likeness (QED) is 0.454. The molecule has 0 heterocycles. The topological polar surface area (TPSA) is 115 Å². The Balaban J connectivity index is 3.21. The molecule has 3 N–H and O–H groups in total. The Morgan fingerprint density at radius 2 is 2.05 bits per heavy atom. The van der Waals surface area contributed by atoms with Crippen LogP contribution in [0.5, 0.6) is 0 Å². The number of anilines is 1. The molecule has 0 aliphatic rings. The second-order valence-electron chi connectivity index (χ2n) is 4.50. The summed E-state index contributed by atoms with van der Waals surface area (Å²) in [5.74, 6) is 0. The van der Waals surface area contributed by atoms with E-state index >= 15 is 0 Å². The number of benzene rings is 1. The van der Waals surface area contributed by atoms with E-state index < -0.39 is 25.5 Å². The van der Waals surface area contributed by atoms with Gasteiger partial charge in [0.25, 0.3) is 5.69 Å². The minimum absolute atomic E-state index is 0.166. The zero-order valence-electron chi connectivity index (χ0n) is 11.5. The van der Waals surface area contributed by atoms with Crippen molar-refractivity contribution in [1.29, 1.82) is 0 Å². The third-order valence-electron chi connectivity index (χ3n) is 2.92. The molecule has 112 valence electrons. The van der Waals surface area contributed by atoms with Crippen molar-refractivity contribution < 1.29 is 13.3 Å². The van der Waals surface area contributed by atoms with Crippen molar-refractivity contribution in [2.45, 2.75) is 44.0 Å². The standard InChI is InChI=1S/C12H19N3O4S/c1-3-5-10(4-2)14-20(18,19)12-8-9(13)6-7-11(12)15(16)17/h6-8,10,14H,3-5,13H2,1-2H3. The zero-order valence-corrected chi connectivity index (χ0v) is 12.3. The highest BCUT2D eigenvalue weighted by Gasteiger charge is 2.27. The van der Waals surface area contributed by atoms with Crippen LogP contribution in [0.2, 0.25) is 0 Å². The highest BCUT2D eigenvalue weighted by molar-refractivity contribution is 7.89. The van der Waals surface area contributed by atoms with Gasteiger partial charge in [0.1, 0.15) is 0 Å². The van der Waals surface area contributed by atoms with Gasteiger partial charge in [-0.25, -0.2) is 13.1 Å². The first kappa shape index (κ1) is 16.4. The molecule has 0 saturated carbocycles. The van der Waals surface area contributed by atoms with Crippen molar-refractivity contribution in [2.75, 3.05) is 5.73 Å². The van der Waals surface area contributed by atoms with Crippen LogP contribution < -0.4 is 10.5 Å². The number of hydrogen-bond donors (Lipinski definition) is 2. The highest BCUT2D eigenvalue weighted by atomic mass is 32.2. The number of nitro groups is 1. The lowest BCUT2D eigenvalue weighted by atomic mass is 10.1. The summed E-state index contributed by atoms with van der Waals surface area (Å²) < 4.78 is 27.1. The van der Waals surface area contributed by atoms with Gasteiger partial charge in [-0.2, -0.15) is 0 Å². The Morgan fingerprint density at radius 1 is 1.40 bits per heavy atom. The summed E-state index contributed by atoms with van der Waals surface area (Å²) >= 11 is 0. The third kappa shape index (κ3) is 3.91. The molecule has 1 aromatic rings. The fraction of sp³-hybridized carbons (Fsp3) is 0.500. The average molecular weight is 301 g/mol. The van der Waals surface area contributed by atoms with Crippen molar-refractivity contribution in [3.63, 3.8) is 0 Å². The van der Waals surface area contributed by atoms with Crippen molar-refractivity contribution in [2.24, 2.45) is 0 Å². The highest BCUT2D eigenvalue weighted by Crippen LogP contribution is 2.26. The molecule has 7 nitrogen and oxygen atoms in total. The molecule has 0 spiro atoms. The molecule has 8 heteroatoms. The van der Waals surface area contributed by atoms with Gasteiger partial charge in [0.05, 0.1) is 4.92 Å². The Kier molecular flexibility index (Phi) is 5.46. The molecule has 0 aliphatic carbocycles. The molecular weight excluding hydrogens is 282 g/mol. The number of nitrogens with zero attached hydrogens (tertiary/aromatic N) is 1. The first-order valence-corrected chi connectivity index (χ1v) is 7.86. The van der Waals surface area contributed by atoms with Gasteiger partial charge >= 0.3 is 0 Å². The third-order valence-corrected chi connectivity index (χ3v) is 4.47. The fourth-order valence-corrected chi connectivity index (χ4v) is 3.43. The maximum atomic E-state index is 12.3. The van der Waals surface area contributed by atoms with E-state index in [1.807, 2.05) is 13.8 Å². The van der Waals surface area contributed by atoms with Crippen LogP contribution in [0.25, 0.3) is 0 Å². The molecule has 1 atom stereocenters. The maximum Gasteiger partial charge on any atom is 0.289 e. The number of nitrogens with two attached hydrogens (primary N) is 1. The van der Waals surface area contributed by atoms with Crippen LogP contribution in [0.15, 0.2) is 23.1 Å². The molecule has 1 unspecified atom stereocenters. The summed E-state index contributed by atoms with van der Waals surface area (Å²) in [6.07, 6.45) is 2.11. The molecule has 1 rings (SSSR count). The van der Waals surface area contributed by atoms with Crippen molar-refractivity contribution in [3.05, 3.63) is 28.3 Å². The van der Waals surface area contributed by atoms with E-state index in [4.69, 9.17) is 5.73 Å². The van der Waals surface area contributed by atoms with Crippen LogP contribution in [0.4, 0.5) is 11.4 Å². The Morgan fingerprint density at radius 3 is 2.55 bits per heavy atom. The lowest BCUT2D eigenvalue weighted by Gasteiger charge is -2.16. The summed E-state index contributed by atoms with van der Waals surface area (Å²) in [5, 5.41) is 10.9. The van der Waals surface area contributed by atoms with Crippen LogP contribution in [0.1, 0.15) is 33.1 Å². The van der Waals surface area contributed by atoms with Gasteiger partial charge in [-0.15, -0.1) is 0 Å². The van der Waals surface area contributed by atoms with Gasteiger partial charge in [0.15, 0.2) is 4.90 Å². The number of nitrogens with one attached hydrogen (secondary N) is 1. The summed E-state index contributed by atoms with van der Waals surface area (Å²) in [5.41, 5.74) is 5.22. The Bertz CT molecular complexity index is 586. The van der Waals surface area contributed by atoms with E-state index in [1.165, 1.54) is 6.07 Å². The number of rotatable bonds is 7. The minimum atomic E-state index is -3.96. The van der Waals surface area contributed by atoms with Gasteiger partial charge < -0.3 is 5.73 Å². The minimum Gasteiger partial charge on any atom is -0.399 e. The van der Waals surface area contributed by atoms with E-state index in [0.717, 1.165) is 18.6 Å². The zero-order chi connectivity index (χ0) is 15.3. The lowest BCUT2D eigenvalue weighted by molar-refractivity contribution is -0.387. The number of nitrogen functional groups attached to an aromatic ring is 1. The van der Waals surface area contributed by atoms with E-state index in [0.29, 0.717) is 12.8 Å². The maximum absolute atomic E-state index is 12.3. The number of nitro benzene ring substituents is 1. The summed E-state index contributed by atoms with van der Waals surface area (Å²) in [7, 11) is -3.96. The number of sulfonamides is 1. The van der Waals surface area contributed by atoms with Crippen molar-refractivity contribution >= 4 is 21.4 Å². The molecule has 0 radical (unpaired) electrons. The van der Waals surface area contributed by atoms with E-state index in [-0.39, 0.29) is 11.7 Å². The molecule has 20 heavy (non-hydrogen) atoms. The van der Waals surface area contributed by atoms with Crippen LogP contribution in [0, 0.1) is 10.1 Å². The smallest absolute Gasteiger partial charge is 0.289 e. The second-order valence-corrected chi connectivity index (χ2v) is 6.18. The molecule has 0 bridgehead atoms. The second kappa shape index (κ2) is 6.67. The largest absolute Gasteiger partial charge is 0.399 e. The summed E-state index contributed by atoms with van der Waals surface area (Å²) in [6, 6.07) is 3.27. The molecular formula is C12H19N3O4S. The van der Waals surface area contributed by atoms with Crippen LogP contribution in [0.3, 0.4) is 0 Å². The van der Waals surface area contributed by atoms with Gasteiger partial charge in [-0.3, -0.25) is 10.1 Å². The van der Waals surface area contributed by atoms with Gasteiger partial charge in [0.2, 0.25) is 10.0 Å².